The lowest BCUT2D eigenvalue weighted by Crippen LogP contribution is -2.51. The van der Waals surface area contributed by atoms with Gasteiger partial charge in [0.05, 0.1) is 11.8 Å². The molecule has 2 aromatic rings. The molecule has 0 bridgehead atoms. The summed E-state index contributed by atoms with van der Waals surface area (Å²) in [4.78, 5) is 11.5. The number of benzene rings is 1. The summed E-state index contributed by atoms with van der Waals surface area (Å²) in [5, 5.41) is 9.55. The Morgan fingerprint density at radius 3 is 2.57 bits per heavy atom. The van der Waals surface area contributed by atoms with E-state index in [1.165, 1.54) is 24.3 Å². The quantitative estimate of drug-likeness (QED) is 0.884. The number of hydrogen-bond acceptors (Lipinski definition) is 3. The van der Waals surface area contributed by atoms with Crippen molar-refractivity contribution in [1.82, 2.24) is 0 Å². The monoisotopic (exact) mass is 344 g/mol. The van der Waals surface area contributed by atoms with Crippen LogP contribution in [0.25, 0.3) is 6.08 Å². The predicted octanol–water partition coefficient (Wildman–Crippen LogP) is 4.25. The molecule has 8 heteroatoms. The highest BCUT2D eigenvalue weighted by Crippen LogP contribution is 2.52. The highest BCUT2D eigenvalue weighted by Gasteiger charge is 2.66. The van der Waals surface area contributed by atoms with Crippen LogP contribution < -0.4 is 4.74 Å². The van der Waals surface area contributed by atoms with E-state index < -0.39 is 29.1 Å². The van der Waals surface area contributed by atoms with Crippen LogP contribution in [0.15, 0.2) is 46.6 Å². The molecule has 0 radical (unpaired) electrons. The molecule has 0 saturated carbocycles. The van der Waals surface area contributed by atoms with Gasteiger partial charge in [0.1, 0.15) is 5.75 Å². The van der Waals surface area contributed by atoms with Gasteiger partial charge in [-0.15, -0.1) is 0 Å². The molecule has 120 valence electrons. The van der Waals surface area contributed by atoms with Crippen LogP contribution in [-0.2, 0) is 10.4 Å². The SMILES string of the molecule is O=C(O)C1=Cc2cc(Cl)ccc2OC1(c1ccco1)C(F)(F)F. The third kappa shape index (κ3) is 2.28. The van der Waals surface area contributed by atoms with Crippen molar-refractivity contribution in [3.8, 4) is 5.75 Å². The number of alkyl halides is 3. The van der Waals surface area contributed by atoms with Crippen LogP contribution in [0.5, 0.6) is 5.75 Å². The first-order valence-electron chi connectivity index (χ1n) is 6.30. The molecule has 0 saturated heterocycles. The van der Waals surface area contributed by atoms with E-state index in [0.717, 1.165) is 18.4 Å². The van der Waals surface area contributed by atoms with E-state index in [2.05, 4.69) is 0 Å². The van der Waals surface area contributed by atoms with E-state index in [1.807, 2.05) is 0 Å². The first kappa shape index (κ1) is 15.5. The topological polar surface area (TPSA) is 59.7 Å². The summed E-state index contributed by atoms with van der Waals surface area (Å²) in [6, 6.07) is 6.16. The van der Waals surface area contributed by atoms with Crippen LogP contribution in [0.1, 0.15) is 11.3 Å². The number of ether oxygens (including phenoxy) is 1. The van der Waals surface area contributed by atoms with Crippen LogP contribution in [-0.4, -0.2) is 17.3 Å². The van der Waals surface area contributed by atoms with Gasteiger partial charge in [-0.05, 0) is 36.4 Å². The minimum Gasteiger partial charge on any atom is -0.478 e. The summed E-state index contributed by atoms with van der Waals surface area (Å²) in [6.45, 7) is 0. The number of carboxylic acids is 1. The summed E-state index contributed by atoms with van der Waals surface area (Å²) in [6.07, 6.45) is -3.15. The highest BCUT2D eigenvalue weighted by molar-refractivity contribution is 6.30. The maximum absolute atomic E-state index is 13.8. The molecule has 0 fully saturated rings. The zero-order valence-corrected chi connectivity index (χ0v) is 12.0. The molecule has 1 N–H and O–H groups in total. The third-order valence-corrected chi connectivity index (χ3v) is 3.65. The second kappa shape index (κ2) is 5.06. The van der Waals surface area contributed by atoms with Gasteiger partial charge < -0.3 is 14.3 Å². The number of halogens is 4. The van der Waals surface area contributed by atoms with Crippen molar-refractivity contribution in [3.05, 3.63) is 58.5 Å². The first-order valence-corrected chi connectivity index (χ1v) is 6.68. The number of rotatable bonds is 2. The second-order valence-electron chi connectivity index (χ2n) is 4.80. The first-order chi connectivity index (χ1) is 10.8. The molecule has 1 aromatic carbocycles. The minimum atomic E-state index is -5.06. The van der Waals surface area contributed by atoms with Crippen LogP contribution in [0.2, 0.25) is 5.02 Å². The van der Waals surface area contributed by atoms with Gasteiger partial charge in [0.25, 0.3) is 5.60 Å². The lowest BCUT2D eigenvalue weighted by Gasteiger charge is -2.37. The molecule has 0 aliphatic carbocycles. The third-order valence-electron chi connectivity index (χ3n) is 3.41. The van der Waals surface area contributed by atoms with Gasteiger partial charge >= 0.3 is 12.1 Å². The normalized spacial score (nSPS) is 20.4. The fourth-order valence-corrected chi connectivity index (χ4v) is 2.61. The lowest BCUT2D eigenvalue weighted by molar-refractivity contribution is -0.246. The average Bonchev–Trinajstić information content (AvgIpc) is 2.98. The number of carboxylic acid groups (broad SMARTS) is 1. The van der Waals surface area contributed by atoms with Crippen LogP contribution in [0.4, 0.5) is 13.2 Å². The maximum Gasteiger partial charge on any atom is 0.440 e. The molecule has 0 spiro atoms. The molecule has 1 aliphatic rings. The standard InChI is InChI=1S/C15H8ClF3O4/c16-9-3-4-11-8(6-9)7-10(13(20)21)14(23-11,15(17,18)19)12-2-1-5-22-12/h1-7H,(H,20,21). The van der Waals surface area contributed by atoms with Gasteiger partial charge in [-0.3, -0.25) is 0 Å². The number of aliphatic carboxylic acids is 1. The van der Waals surface area contributed by atoms with Crippen molar-refractivity contribution in [2.24, 2.45) is 0 Å². The summed E-state index contributed by atoms with van der Waals surface area (Å²) < 4.78 is 51.5. The van der Waals surface area contributed by atoms with Crippen molar-refractivity contribution in [2.45, 2.75) is 11.8 Å². The lowest BCUT2D eigenvalue weighted by atomic mass is 9.85. The van der Waals surface area contributed by atoms with Crippen molar-refractivity contribution in [1.29, 1.82) is 0 Å². The molecule has 3 rings (SSSR count). The Balaban J connectivity index is 2.33. The van der Waals surface area contributed by atoms with E-state index in [4.69, 9.17) is 20.8 Å². The smallest absolute Gasteiger partial charge is 0.440 e. The molecule has 1 atom stereocenters. The fraction of sp³-hybridized carbons (Fsp3) is 0.133. The van der Waals surface area contributed by atoms with Crippen molar-refractivity contribution in [3.63, 3.8) is 0 Å². The maximum atomic E-state index is 13.8. The largest absolute Gasteiger partial charge is 0.478 e. The van der Waals surface area contributed by atoms with E-state index in [9.17, 15) is 23.1 Å². The Bertz CT molecular complexity index is 796. The van der Waals surface area contributed by atoms with Crippen molar-refractivity contribution in [2.75, 3.05) is 0 Å². The molecule has 2 heterocycles. The van der Waals surface area contributed by atoms with Crippen LogP contribution >= 0.6 is 11.6 Å². The number of carbonyl (C=O) groups is 1. The molecule has 1 aliphatic heterocycles. The Labute approximate surface area is 132 Å². The Morgan fingerprint density at radius 2 is 2.00 bits per heavy atom. The Morgan fingerprint density at radius 1 is 1.26 bits per heavy atom. The summed E-state index contributed by atoms with van der Waals surface area (Å²) >= 11 is 5.79. The molecule has 4 nitrogen and oxygen atoms in total. The van der Waals surface area contributed by atoms with Gasteiger partial charge in [0.15, 0.2) is 5.76 Å². The molecule has 0 amide bonds. The zero-order chi connectivity index (χ0) is 16.8. The second-order valence-corrected chi connectivity index (χ2v) is 5.24. The molecule has 1 aromatic heterocycles. The van der Waals surface area contributed by atoms with Crippen molar-refractivity contribution < 1.29 is 32.2 Å². The molecular formula is C15H8ClF3O4. The van der Waals surface area contributed by atoms with Crippen molar-refractivity contribution >= 4 is 23.6 Å². The Hall–Kier alpha value is -2.41. The van der Waals surface area contributed by atoms with E-state index in [-0.39, 0.29) is 16.3 Å². The van der Waals surface area contributed by atoms with Gasteiger partial charge in [0, 0.05) is 10.6 Å². The molecule has 1 unspecified atom stereocenters. The van der Waals surface area contributed by atoms with Crippen LogP contribution in [0, 0.1) is 0 Å². The summed E-state index contributed by atoms with van der Waals surface area (Å²) in [7, 11) is 0. The van der Waals surface area contributed by atoms with E-state index in [0.29, 0.717) is 0 Å². The van der Waals surface area contributed by atoms with Gasteiger partial charge in [-0.1, -0.05) is 11.6 Å². The molecule has 23 heavy (non-hydrogen) atoms. The number of fused-ring (bicyclic) bond motifs is 1. The summed E-state index contributed by atoms with van der Waals surface area (Å²) in [5.41, 5.74) is -4.10. The van der Waals surface area contributed by atoms with Crippen LogP contribution in [0.3, 0.4) is 0 Å². The minimum absolute atomic E-state index is 0.140. The zero-order valence-electron chi connectivity index (χ0n) is 11.2. The predicted molar refractivity (Wildman–Crippen MR) is 74.1 cm³/mol. The fourth-order valence-electron chi connectivity index (χ4n) is 2.43. The molecular weight excluding hydrogens is 337 g/mol. The van der Waals surface area contributed by atoms with E-state index in [1.54, 1.807) is 0 Å². The average molecular weight is 345 g/mol. The van der Waals surface area contributed by atoms with Gasteiger partial charge in [-0.2, -0.15) is 13.2 Å². The number of furan rings is 1. The van der Waals surface area contributed by atoms with Gasteiger partial charge in [0.2, 0.25) is 0 Å². The number of hydrogen-bond donors (Lipinski definition) is 1. The van der Waals surface area contributed by atoms with E-state index >= 15 is 0 Å². The Kier molecular flexibility index (Phi) is 3.40. The highest BCUT2D eigenvalue weighted by atomic mass is 35.5. The summed E-state index contributed by atoms with van der Waals surface area (Å²) in [5.74, 6) is -2.59. The van der Waals surface area contributed by atoms with Gasteiger partial charge in [-0.25, -0.2) is 4.79 Å².